The molecule has 4 rings (SSSR count). The summed E-state index contributed by atoms with van der Waals surface area (Å²) in [5.74, 6) is 6.62. The smallest absolute Gasteiger partial charge is 0.0110 e. The minimum atomic E-state index is 0.745. The Kier molecular flexibility index (Phi) is 6.54. The van der Waals surface area contributed by atoms with E-state index in [2.05, 4.69) is 6.92 Å². The molecule has 4 aliphatic carbocycles. The van der Waals surface area contributed by atoms with Gasteiger partial charge < -0.3 is 0 Å². The van der Waals surface area contributed by atoms with Crippen LogP contribution in [0, 0.1) is 35.5 Å². The van der Waals surface area contributed by atoms with Gasteiger partial charge in [-0.2, -0.15) is 0 Å². The van der Waals surface area contributed by atoms with Crippen molar-refractivity contribution in [1.82, 2.24) is 0 Å². The fraction of sp³-hybridized carbons (Fsp3) is 1.00. The van der Waals surface area contributed by atoms with Gasteiger partial charge in [0.25, 0.3) is 0 Å². The third-order valence-electron chi connectivity index (χ3n) is 9.78. The first kappa shape index (κ1) is 19.5. The Labute approximate surface area is 167 Å². The molecular formula is C25H46Si. The van der Waals surface area contributed by atoms with Crippen molar-refractivity contribution < 1.29 is 0 Å². The molecule has 0 N–H and O–H groups in total. The fourth-order valence-corrected chi connectivity index (χ4v) is 9.71. The van der Waals surface area contributed by atoms with Crippen LogP contribution in [0.3, 0.4) is 0 Å². The van der Waals surface area contributed by atoms with Crippen LogP contribution in [0.4, 0.5) is 0 Å². The molecule has 0 spiro atoms. The first-order valence-corrected chi connectivity index (χ1v) is 13.7. The van der Waals surface area contributed by atoms with Gasteiger partial charge in [0.2, 0.25) is 0 Å². The molecule has 0 aliphatic heterocycles. The summed E-state index contributed by atoms with van der Waals surface area (Å²) in [4.78, 5) is 0. The zero-order valence-electron chi connectivity index (χ0n) is 18.0. The summed E-state index contributed by atoms with van der Waals surface area (Å²) in [6.07, 6.45) is 26.6. The minimum Gasteiger partial charge on any atom is -0.0624 e. The standard InChI is InChI=1S/C25H46Si/c1-25(26)23(20-13-7-3-8-14-20)17-22(19-11-5-2-6-12-19)18-24(25)21-15-9-4-10-16-21/h19-24H,2-18H2,1,26H3. The Morgan fingerprint density at radius 2 is 0.846 bits per heavy atom. The number of hydrogen-bond donors (Lipinski definition) is 0. The lowest BCUT2D eigenvalue weighted by Gasteiger charge is -2.56. The van der Waals surface area contributed by atoms with Crippen LogP contribution in [0.25, 0.3) is 0 Å². The molecule has 2 atom stereocenters. The van der Waals surface area contributed by atoms with Crippen molar-refractivity contribution >= 4 is 10.2 Å². The second-order valence-electron chi connectivity index (χ2n) is 11.5. The topological polar surface area (TPSA) is 0 Å². The molecule has 0 saturated heterocycles. The lowest BCUT2D eigenvalue weighted by Crippen LogP contribution is -2.46. The molecule has 0 radical (unpaired) electrons. The van der Waals surface area contributed by atoms with Gasteiger partial charge in [0.15, 0.2) is 0 Å². The first-order chi connectivity index (χ1) is 12.7. The largest absolute Gasteiger partial charge is 0.0624 e. The van der Waals surface area contributed by atoms with Crippen molar-refractivity contribution in [3.63, 3.8) is 0 Å². The molecule has 0 amide bonds. The van der Waals surface area contributed by atoms with Gasteiger partial charge in [0.1, 0.15) is 0 Å². The molecule has 1 heteroatoms. The first-order valence-electron chi connectivity index (χ1n) is 12.7. The van der Waals surface area contributed by atoms with Crippen LogP contribution in [0.15, 0.2) is 0 Å². The maximum atomic E-state index is 2.79. The second kappa shape index (κ2) is 8.71. The fourth-order valence-electron chi connectivity index (χ4n) is 8.29. The number of hydrogen-bond acceptors (Lipinski definition) is 0. The molecule has 0 heterocycles. The average Bonchev–Trinajstić information content (AvgIpc) is 2.69. The molecular weight excluding hydrogens is 328 g/mol. The van der Waals surface area contributed by atoms with Gasteiger partial charge in [0.05, 0.1) is 0 Å². The Hall–Kier alpha value is 0.217. The maximum Gasteiger partial charge on any atom is 0.0110 e. The van der Waals surface area contributed by atoms with Gasteiger partial charge >= 0.3 is 0 Å². The third kappa shape index (κ3) is 4.13. The van der Waals surface area contributed by atoms with Crippen molar-refractivity contribution in [3.8, 4) is 0 Å². The van der Waals surface area contributed by atoms with E-state index in [1.807, 2.05) is 0 Å². The van der Waals surface area contributed by atoms with Gasteiger partial charge in [-0.25, -0.2) is 0 Å². The highest BCUT2D eigenvalue weighted by atomic mass is 28.1. The zero-order valence-corrected chi connectivity index (χ0v) is 20.0. The molecule has 4 aliphatic rings. The molecule has 26 heavy (non-hydrogen) atoms. The molecule has 150 valence electrons. The highest BCUT2D eigenvalue weighted by molar-refractivity contribution is 6.15. The van der Waals surface area contributed by atoms with Crippen LogP contribution in [-0.2, 0) is 0 Å². The predicted molar refractivity (Wildman–Crippen MR) is 118 cm³/mol. The van der Waals surface area contributed by atoms with Crippen LogP contribution < -0.4 is 0 Å². The molecule has 4 fully saturated rings. The summed E-state index contributed by atoms with van der Waals surface area (Å²) >= 11 is 0. The zero-order chi connectivity index (χ0) is 18.0. The van der Waals surface area contributed by atoms with Crippen LogP contribution in [0.5, 0.6) is 0 Å². The summed E-state index contributed by atoms with van der Waals surface area (Å²) < 4.78 is 0. The monoisotopic (exact) mass is 374 g/mol. The Balaban J connectivity index is 1.55. The van der Waals surface area contributed by atoms with Crippen LogP contribution in [-0.4, -0.2) is 10.2 Å². The quantitative estimate of drug-likeness (QED) is 0.471. The molecule has 0 nitrogen and oxygen atoms in total. The van der Waals surface area contributed by atoms with Gasteiger partial charge in [0, 0.05) is 10.2 Å². The molecule has 0 aromatic rings. The second-order valence-corrected chi connectivity index (χ2v) is 13.6. The SMILES string of the molecule is CC1([SiH3])C(C2CCCCC2)CC(C2CCCCC2)CC1C1CCCCC1. The summed E-state index contributed by atoms with van der Waals surface area (Å²) in [6, 6.07) is 0. The third-order valence-corrected chi connectivity index (χ3v) is 11.3. The van der Waals surface area contributed by atoms with E-state index in [-0.39, 0.29) is 0 Å². The Morgan fingerprint density at radius 3 is 1.23 bits per heavy atom. The van der Waals surface area contributed by atoms with Gasteiger partial charge in [-0.05, 0) is 53.4 Å². The maximum absolute atomic E-state index is 2.79. The highest BCUT2D eigenvalue weighted by Gasteiger charge is 2.50. The highest BCUT2D eigenvalue weighted by Crippen LogP contribution is 2.61. The summed E-state index contributed by atoms with van der Waals surface area (Å²) in [7, 11) is 1.45. The summed E-state index contributed by atoms with van der Waals surface area (Å²) in [5.41, 5.74) is 0. The minimum absolute atomic E-state index is 0.745. The van der Waals surface area contributed by atoms with E-state index >= 15 is 0 Å². The summed E-state index contributed by atoms with van der Waals surface area (Å²) in [6.45, 7) is 2.79. The predicted octanol–water partition coefficient (Wildman–Crippen LogP) is 6.91. The van der Waals surface area contributed by atoms with E-state index in [1.54, 1.807) is 89.9 Å². The van der Waals surface area contributed by atoms with E-state index in [0.29, 0.717) is 0 Å². The Bertz CT molecular complexity index is 393. The van der Waals surface area contributed by atoms with E-state index < -0.39 is 0 Å². The normalized spacial score (nSPS) is 42.1. The van der Waals surface area contributed by atoms with Gasteiger partial charge in [-0.1, -0.05) is 103 Å². The average molecular weight is 375 g/mol. The Morgan fingerprint density at radius 1 is 0.500 bits per heavy atom. The molecule has 2 unspecified atom stereocenters. The van der Waals surface area contributed by atoms with E-state index in [4.69, 9.17) is 0 Å². The van der Waals surface area contributed by atoms with E-state index in [9.17, 15) is 0 Å². The van der Waals surface area contributed by atoms with Crippen molar-refractivity contribution in [2.45, 2.75) is 121 Å². The molecule has 0 aromatic carbocycles. The van der Waals surface area contributed by atoms with Crippen molar-refractivity contribution in [2.75, 3.05) is 0 Å². The van der Waals surface area contributed by atoms with Crippen molar-refractivity contribution in [2.24, 2.45) is 35.5 Å². The lowest BCUT2D eigenvalue weighted by molar-refractivity contribution is 0.00702. The molecule has 0 aromatic heterocycles. The van der Waals surface area contributed by atoms with Gasteiger partial charge in [-0.3, -0.25) is 0 Å². The molecule has 4 saturated carbocycles. The van der Waals surface area contributed by atoms with Crippen LogP contribution in [0.2, 0.25) is 5.04 Å². The van der Waals surface area contributed by atoms with Crippen LogP contribution in [0.1, 0.15) is 116 Å². The lowest BCUT2D eigenvalue weighted by atomic mass is 9.54. The van der Waals surface area contributed by atoms with Crippen molar-refractivity contribution in [3.05, 3.63) is 0 Å². The van der Waals surface area contributed by atoms with E-state index in [1.165, 1.54) is 29.5 Å². The van der Waals surface area contributed by atoms with Gasteiger partial charge in [-0.15, -0.1) is 0 Å². The van der Waals surface area contributed by atoms with Crippen LogP contribution >= 0.6 is 0 Å². The summed E-state index contributed by atoms with van der Waals surface area (Å²) in [5, 5.41) is 0.745. The van der Waals surface area contributed by atoms with Crippen molar-refractivity contribution in [1.29, 1.82) is 0 Å². The molecule has 0 bridgehead atoms. The van der Waals surface area contributed by atoms with E-state index in [0.717, 1.165) is 40.5 Å². The number of rotatable bonds is 3.